The van der Waals surface area contributed by atoms with E-state index in [0.29, 0.717) is 12.0 Å². The highest BCUT2D eigenvalue weighted by atomic mass is 35.5. The van der Waals surface area contributed by atoms with Crippen molar-refractivity contribution in [3.8, 4) is 0 Å². The van der Waals surface area contributed by atoms with Crippen LogP contribution in [0.2, 0.25) is 5.02 Å². The topological polar surface area (TPSA) is 26.3 Å². The summed E-state index contributed by atoms with van der Waals surface area (Å²) in [4.78, 5) is 11.9. The van der Waals surface area contributed by atoms with Crippen LogP contribution in [-0.2, 0) is 16.0 Å². The van der Waals surface area contributed by atoms with Crippen LogP contribution in [0.5, 0.6) is 0 Å². The molecule has 1 atom stereocenters. The molecule has 1 unspecified atom stereocenters. The number of halogens is 2. The Kier molecular flexibility index (Phi) is 5.59. The van der Waals surface area contributed by atoms with E-state index in [1.165, 1.54) is 13.2 Å². The van der Waals surface area contributed by atoms with Crippen LogP contribution in [0.15, 0.2) is 18.2 Å². The van der Waals surface area contributed by atoms with Gasteiger partial charge in [0.1, 0.15) is 11.9 Å². The zero-order valence-electron chi connectivity index (χ0n) is 10.0. The zero-order valence-corrected chi connectivity index (χ0v) is 10.8. The molecule has 0 bridgehead atoms. The van der Waals surface area contributed by atoms with Crippen molar-refractivity contribution in [1.29, 1.82) is 0 Å². The van der Waals surface area contributed by atoms with Crippen LogP contribution < -0.4 is 0 Å². The first kappa shape index (κ1) is 14.1. The summed E-state index contributed by atoms with van der Waals surface area (Å²) in [6, 6.07) is 4.66. The largest absolute Gasteiger partial charge is 0.374 e. The van der Waals surface area contributed by atoms with Crippen LogP contribution in [0.3, 0.4) is 0 Å². The van der Waals surface area contributed by atoms with E-state index in [-0.39, 0.29) is 17.2 Å². The summed E-state index contributed by atoms with van der Waals surface area (Å²) < 4.78 is 18.7. The normalized spacial score (nSPS) is 12.5. The number of carbonyl (C=O) groups is 1. The number of Topliss-reactive ketones (excluding diaryl/α,β-unsaturated/α-hetero) is 1. The summed E-state index contributed by atoms with van der Waals surface area (Å²) in [6.45, 7) is 1.97. The molecule has 0 aliphatic rings. The lowest BCUT2D eigenvalue weighted by atomic mass is 10.0. The minimum Gasteiger partial charge on any atom is -0.374 e. The van der Waals surface area contributed by atoms with Crippen LogP contribution in [0.25, 0.3) is 0 Å². The van der Waals surface area contributed by atoms with E-state index in [0.717, 1.165) is 6.42 Å². The van der Waals surface area contributed by atoms with Gasteiger partial charge in [0, 0.05) is 13.5 Å². The maximum atomic E-state index is 13.6. The minimum atomic E-state index is -0.520. The first-order valence-corrected chi connectivity index (χ1v) is 5.96. The third-order valence-corrected chi connectivity index (χ3v) is 2.88. The molecule has 0 spiro atoms. The summed E-state index contributed by atoms with van der Waals surface area (Å²) >= 11 is 5.65. The molecule has 4 heteroatoms. The second-order valence-corrected chi connectivity index (χ2v) is 4.28. The molecule has 0 amide bonds. The maximum absolute atomic E-state index is 13.6. The average molecular weight is 259 g/mol. The van der Waals surface area contributed by atoms with Gasteiger partial charge in [-0.3, -0.25) is 4.79 Å². The van der Waals surface area contributed by atoms with E-state index in [4.69, 9.17) is 16.3 Å². The molecule has 2 nitrogen and oxygen atoms in total. The maximum Gasteiger partial charge on any atom is 0.165 e. The Balaban J connectivity index is 2.76. The molecular weight excluding hydrogens is 243 g/mol. The molecular formula is C13H16ClFO2. The fraction of sp³-hybridized carbons (Fsp3) is 0.462. The van der Waals surface area contributed by atoms with E-state index in [1.807, 2.05) is 6.92 Å². The molecule has 17 heavy (non-hydrogen) atoms. The monoisotopic (exact) mass is 258 g/mol. The Bertz CT molecular complexity index is 393. The molecule has 1 rings (SSSR count). The molecule has 0 aromatic heterocycles. The third-order valence-electron chi connectivity index (χ3n) is 2.59. The van der Waals surface area contributed by atoms with Gasteiger partial charge >= 0.3 is 0 Å². The van der Waals surface area contributed by atoms with Crippen molar-refractivity contribution in [2.75, 3.05) is 7.11 Å². The number of ether oxygens (including phenoxy) is 1. The average Bonchev–Trinajstić information content (AvgIpc) is 2.31. The number of ketones is 1. The zero-order chi connectivity index (χ0) is 12.8. The number of hydrogen-bond acceptors (Lipinski definition) is 2. The Labute approximate surface area is 106 Å². The van der Waals surface area contributed by atoms with E-state index in [1.54, 1.807) is 12.1 Å². The van der Waals surface area contributed by atoms with Crippen LogP contribution in [0, 0.1) is 5.82 Å². The van der Waals surface area contributed by atoms with Gasteiger partial charge in [-0.15, -0.1) is 0 Å². The van der Waals surface area contributed by atoms with E-state index >= 15 is 0 Å². The van der Waals surface area contributed by atoms with Crippen molar-refractivity contribution in [3.63, 3.8) is 0 Å². The van der Waals surface area contributed by atoms with Crippen LogP contribution in [-0.4, -0.2) is 19.0 Å². The third kappa shape index (κ3) is 3.79. The van der Waals surface area contributed by atoms with E-state index < -0.39 is 11.9 Å². The van der Waals surface area contributed by atoms with Crippen LogP contribution >= 0.6 is 11.6 Å². The molecule has 0 aliphatic heterocycles. The molecule has 0 heterocycles. The molecule has 0 N–H and O–H groups in total. The van der Waals surface area contributed by atoms with Gasteiger partial charge in [0.2, 0.25) is 0 Å². The van der Waals surface area contributed by atoms with Crippen molar-refractivity contribution in [1.82, 2.24) is 0 Å². The summed E-state index contributed by atoms with van der Waals surface area (Å²) in [5, 5.41) is 0.0414. The van der Waals surface area contributed by atoms with Gasteiger partial charge < -0.3 is 4.74 Å². The summed E-state index contributed by atoms with van der Waals surface area (Å²) in [7, 11) is 1.49. The van der Waals surface area contributed by atoms with Gasteiger partial charge in [-0.2, -0.15) is 0 Å². The highest BCUT2D eigenvalue weighted by Crippen LogP contribution is 2.19. The van der Waals surface area contributed by atoms with Gasteiger partial charge in [-0.25, -0.2) is 4.39 Å². The smallest absolute Gasteiger partial charge is 0.165 e. The fourth-order valence-electron chi connectivity index (χ4n) is 1.66. The standard InChI is InChI=1S/C13H16ClFO2/c1-3-5-12(17-2)11(16)8-9-6-4-7-10(14)13(9)15/h4,6-7,12H,3,5,8H2,1-2H3. The van der Waals surface area contributed by atoms with Crippen LogP contribution in [0.1, 0.15) is 25.3 Å². The SMILES string of the molecule is CCCC(OC)C(=O)Cc1cccc(Cl)c1F. The molecule has 0 saturated carbocycles. The Morgan fingerprint density at radius 2 is 2.24 bits per heavy atom. The predicted octanol–water partition coefficient (Wildman–Crippen LogP) is 3.41. The number of hydrogen-bond donors (Lipinski definition) is 0. The number of benzene rings is 1. The molecule has 94 valence electrons. The van der Waals surface area contributed by atoms with E-state index in [9.17, 15) is 9.18 Å². The lowest BCUT2D eigenvalue weighted by molar-refractivity contribution is -0.128. The number of carbonyl (C=O) groups excluding carboxylic acids is 1. The van der Waals surface area contributed by atoms with Crippen molar-refractivity contribution in [2.45, 2.75) is 32.3 Å². The van der Waals surface area contributed by atoms with Crippen molar-refractivity contribution >= 4 is 17.4 Å². The molecule has 0 saturated heterocycles. The van der Waals surface area contributed by atoms with Crippen molar-refractivity contribution < 1.29 is 13.9 Å². The Hall–Kier alpha value is -0.930. The molecule has 0 aliphatic carbocycles. The quantitative estimate of drug-likeness (QED) is 0.782. The van der Waals surface area contributed by atoms with Gasteiger partial charge in [-0.05, 0) is 18.1 Å². The van der Waals surface area contributed by atoms with Crippen molar-refractivity contribution in [2.24, 2.45) is 0 Å². The number of methoxy groups -OCH3 is 1. The molecule has 0 radical (unpaired) electrons. The minimum absolute atomic E-state index is 0.0187. The lowest BCUT2D eigenvalue weighted by Gasteiger charge is -2.13. The van der Waals surface area contributed by atoms with Gasteiger partial charge in [0.05, 0.1) is 5.02 Å². The van der Waals surface area contributed by atoms with Crippen molar-refractivity contribution in [3.05, 3.63) is 34.6 Å². The fourth-order valence-corrected chi connectivity index (χ4v) is 1.85. The summed E-state index contributed by atoms with van der Waals surface area (Å²) in [5.41, 5.74) is 0.320. The first-order chi connectivity index (χ1) is 8.10. The Morgan fingerprint density at radius 1 is 1.53 bits per heavy atom. The van der Waals surface area contributed by atoms with E-state index in [2.05, 4.69) is 0 Å². The molecule has 0 fully saturated rings. The summed E-state index contributed by atoms with van der Waals surface area (Å²) in [6.07, 6.45) is 1.06. The highest BCUT2D eigenvalue weighted by Gasteiger charge is 2.19. The van der Waals surface area contributed by atoms with Gasteiger partial charge in [-0.1, -0.05) is 37.1 Å². The molecule has 1 aromatic rings. The number of rotatable bonds is 6. The second kappa shape index (κ2) is 6.72. The van der Waals surface area contributed by atoms with Gasteiger partial charge in [0.15, 0.2) is 5.78 Å². The second-order valence-electron chi connectivity index (χ2n) is 3.87. The van der Waals surface area contributed by atoms with Crippen LogP contribution in [0.4, 0.5) is 4.39 Å². The van der Waals surface area contributed by atoms with Gasteiger partial charge in [0.25, 0.3) is 0 Å². The highest BCUT2D eigenvalue weighted by molar-refractivity contribution is 6.30. The first-order valence-electron chi connectivity index (χ1n) is 5.58. The summed E-state index contributed by atoms with van der Waals surface area (Å²) in [5.74, 6) is -0.635. The molecule has 1 aromatic carbocycles. The Morgan fingerprint density at radius 3 is 2.82 bits per heavy atom. The predicted molar refractivity (Wildman–Crippen MR) is 65.8 cm³/mol. The lowest BCUT2D eigenvalue weighted by Crippen LogP contribution is -2.24.